The summed E-state index contributed by atoms with van der Waals surface area (Å²) in [6, 6.07) is 10.9. The number of H-pyrrole nitrogens is 1. The molecule has 1 aromatic carbocycles. The maximum atomic E-state index is 8.97. The standard InChI is InChI=1S/C12H6ClN3O/c13-10-5-4-9(17-10)12-15-8-3-1-2-7(6-14)11(8)16-12/h1-5H,(H,15,16). The summed E-state index contributed by atoms with van der Waals surface area (Å²) in [5, 5.41) is 9.28. The molecular weight excluding hydrogens is 238 g/mol. The molecular formula is C12H6ClN3O. The molecule has 5 heteroatoms. The Bertz CT molecular complexity index is 736. The smallest absolute Gasteiger partial charge is 0.194 e. The lowest BCUT2D eigenvalue weighted by Gasteiger charge is -1.87. The van der Waals surface area contributed by atoms with E-state index >= 15 is 0 Å². The third-order valence-electron chi connectivity index (χ3n) is 2.44. The topological polar surface area (TPSA) is 65.6 Å². The van der Waals surface area contributed by atoms with Gasteiger partial charge in [0.15, 0.2) is 16.8 Å². The Kier molecular flexibility index (Phi) is 2.13. The van der Waals surface area contributed by atoms with Crippen molar-refractivity contribution in [2.75, 3.05) is 0 Å². The summed E-state index contributed by atoms with van der Waals surface area (Å²) in [6.07, 6.45) is 0. The Hall–Kier alpha value is -2.25. The highest BCUT2D eigenvalue weighted by Crippen LogP contribution is 2.25. The van der Waals surface area contributed by atoms with Crippen LogP contribution in [0, 0.1) is 11.3 Å². The summed E-state index contributed by atoms with van der Waals surface area (Å²) >= 11 is 5.71. The van der Waals surface area contributed by atoms with E-state index in [4.69, 9.17) is 21.3 Å². The molecule has 0 fully saturated rings. The first-order valence-corrected chi connectivity index (χ1v) is 5.30. The van der Waals surface area contributed by atoms with Gasteiger partial charge in [-0.15, -0.1) is 0 Å². The lowest BCUT2D eigenvalue weighted by molar-refractivity contribution is 0.580. The quantitative estimate of drug-likeness (QED) is 0.713. The van der Waals surface area contributed by atoms with Crippen molar-refractivity contribution in [3.63, 3.8) is 0 Å². The Morgan fingerprint density at radius 1 is 1.29 bits per heavy atom. The number of para-hydroxylation sites is 1. The van der Waals surface area contributed by atoms with Crippen molar-refractivity contribution in [1.82, 2.24) is 9.97 Å². The van der Waals surface area contributed by atoms with E-state index in [1.165, 1.54) is 0 Å². The lowest BCUT2D eigenvalue weighted by Crippen LogP contribution is -1.77. The van der Waals surface area contributed by atoms with Crippen LogP contribution in [0.1, 0.15) is 5.56 Å². The average Bonchev–Trinajstić information content (AvgIpc) is 2.93. The number of aromatic nitrogens is 2. The molecule has 0 amide bonds. The molecule has 1 N–H and O–H groups in total. The van der Waals surface area contributed by atoms with Gasteiger partial charge >= 0.3 is 0 Å². The molecule has 0 saturated heterocycles. The zero-order valence-electron chi connectivity index (χ0n) is 8.57. The molecule has 82 valence electrons. The Labute approximate surface area is 101 Å². The van der Waals surface area contributed by atoms with Gasteiger partial charge in [0.1, 0.15) is 11.6 Å². The number of hydrogen-bond donors (Lipinski definition) is 1. The van der Waals surface area contributed by atoms with Crippen LogP contribution >= 0.6 is 11.6 Å². The van der Waals surface area contributed by atoms with E-state index in [2.05, 4.69) is 16.0 Å². The van der Waals surface area contributed by atoms with Crippen LogP contribution in [0.25, 0.3) is 22.6 Å². The first-order chi connectivity index (χ1) is 8.28. The number of halogens is 1. The Morgan fingerprint density at radius 3 is 2.88 bits per heavy atom. The van der Waals surface area contributed by atoms with E-state index in [9.17, 15) is 0 Å². The van der Waals surface area contributed by atoms with E-state index in [1.54, 1.807) is 24.3 Å². The van der Waals surface area contributed by atoms with Gasteiger partial charge in [-0.3, -0.25) is 0 Å². The molecule has 0 spiro atoms. The second-order valence-electron chi connectivity index (χ2n) is 3.50. The summed E-state index contributed by atoms with van der Waals surface area (Å²) in [5.74, 6) is 1.12. The van der Waals surface area contributed by atoms with Crippen molar-refractivity contribution in [1.29, 1.82) is 5.26 Å². The molecule has 17 heavy (non-hydrogen) atoms. The molecule has 2 heterocycles. The highest BCUT2D eigenvalue weighted by atomic mass is 35.5. The predicted molar refractivity (Wildman–Crippen MR) is 63.5 cm³/mol. The summed E-state index contributed by atoms with van der Waals surface area (Å²) in [6.45, 7) is 0. The number of imidazole rings is 1. The van der Waals surface area contributed by atoms with Crippen LogP contribution < -0.4 is 0 Å². The van der Waals surface area contributed by atoms with Gasteiger partial charge < -0.3 is 9.40 Å². The second kappa shape index (κ2) is 3.65. The number of furan rings is 1. The van der Waals surface area contributed by atoms with Crippen molar-refractivity contribution in [3.8, 4) is 17.7 Å². The first kappa shape index (κ1) is 9.94. The third kappa shape index (κ3) is 1.57. The maximum Gasteiger partial charge on any atom is 0.194 e. The van der Waals surface area contributed by atoms with Gasteiger partial charge in [0.25, 0.3) is 0 Å². The van der Waals surface area contributed by atoms with Crippen LogP contribution in [0.5, 0.6) is 0 Å². The van der Waals surface area contributed by atoms with Gasteiger partial charge in [0.2, 0.25) is 0 Å². The van der Waals surface area contributed by atoms with Gasteiger partial charge in [-0.25, -0.2) is 4.98 Å². The molecule has 0 radical (unpaired) electrons. The van der Waals surface area contributed by atoms with E-state index in [0.29, 0.717) is 27.9 Å². The fourth-order valence-electron chi connectivity index (χ4n) is 1.68. The number of aromatic amines is 1. The fourth-order valence-corrected chi connectivity index (χ4v) is 1.83. The van der Waals surface area contributed by atoms with Crippen molar-refractivity contribution in [2.24, 2.45) is 0 Å². The zero-order valence-corrected chi connectivity index (χ0v) is 9.32. The molecule has 2 aromatic heterocycles. The molecule has 0 bridgehead atoms. The average molecular weight is 244 g/mol. The number of rotatable bonds is 1. The van der Waals surface area contributed by atoms with Crippen LogP contribution in [0.15, 0.2) is 34.7 Å². The maximum absolute atomic E-state index is 8.97. The summed E-state index contributed by atoms with van der Waals surface area (Å²) < 4.78 is 5.26. The van der Waals surface area contributed by atoms with Gasteiger partial charge in [-0.1, -0.05) is 6.07 Å². The highest BCUT2D eigenvalue weighted by Gasteiger charge is 2.11. The minimum Gasteiger partial charge on any atom is -0.441 e. The van der Waals surface area contributed by atoms with Crippen molar-refractivity contribution in [3.05, 3.63) is 41.1 Å². The number of nitrogens with zero attached hydrogens (tertiary/aromatic N) is 2. The second-order valence-corrected chi connectivity index (χ2v) is 3.88. The van der Waals surface area contributed by atoms with Gasteiger partial charge in [-0.2, -0.15) is 5.26 Å². The normalized spacial score (nSPS) is 10.6. The summed E-state index contributed by atoms with van der Waals surface area (Å²) in [7, 11) is 0. The molecule has 3 aromatic rings. The molecule has 0 unspecified atom stereocenters. The minimum absolute atomic E-state index is 0.306. The minimum atomic E-state index is 0.306. The zero-order chi connectivity index (χ0) is 11.8. The molecule has 0 aliphatic heterocycles. The third-order valence-corrected chi connectivity index (χ3v) is 2.64. The van der Waals surface area contributed by atoms with E-state index in [0.717, 1.165) is 5.52 Å². The predicted octanol–water partition coefficient (Wildman–Crippen LogP) is 3.35. The Morgan fingerprint density at radius 2 is 2.18 bits per heavy atom. The SMILES string of the molecule is N#Cc1cccc2[nH]c(-c3ccc(Cl)o3)nc12. The van der Waals surface area contributed by atoms with Crippen molar-refractivity contribution < 1.29 is 4.42 Å². The molecule has 0 atom stereocenters. The number of benzene rings is 1. The van der Waals surface area contributed by atoms with Crippen LogP contribution in [-0.2, 0) is 0 Å². The van der Waals surface area contributed by atoms with Crippen LogP contribution in [0.4, 0.5) is 0 Å². The Balaban J connectivity index is 2.24. The van der Waals surface area contributed by atoms with Gasteiger partial charge in [0.05, 0.1) is 11.1 Å². The van der Waals surface area contributed by atoms with Crippen LogP contribution in [0.2, 0.25) is 5.22 Å². The fraction of sp³-hybridized carbons (Fsp3) is 0. The molecule has 0 aliphatic rings. The van der Waals surface area contributed by atoms with Crippen LogP contribution in [-0.4, -0.2) is 9.97 Å². The molecule has 4 nitrogen and oxygen atoms in total. The largest absolute Gasteiger partial charge is 0.441 e. The monoisotopic (exact) mass is 243 g/mol. The van der Waals surface area contributed by atoms with Gasteiger partial charge in [0, 0.05) is 0 Å². The summed E-state index contributed by atoms with van der Waals surface area (Å²) in [4.78, 5) is 7.42. The number of hydrogen-bond acceptors (Lipinski definition) is 3. The van der Waals surface area contributed by atoms with E-state index < -0.39 is 0 Å². The van der Waals surface area contributed by atoms with E-state index in [1.807, 2.05) is 6.07 Å². The van der Waals surface area contributed by atoms with E-state index in [-0.39, 0.29) is 0 Å². The number of nitrogens with one attached hydrogen (secondary N) is 1. The highest BCUT2D eigenvalue weighted by molar-refractivity contribution is 6.28. The van der Waals surface area contributed by atoms with Gasteiger partial charge in [-0.05, 0) is 35.9 Å². The summed E-state index contributed by atoms with van der Waals surface area (Å²) in [5.41, 5.74) is 1.96. The molecule has 0 aliphatic carbocycles. The molecule has 0 saturated carbocycles. The van der Waals surface area contributed by atoms with Crippen molar-refractivity contribution >= 4 is 22.6 Å². The number of nitriles is 1. The molecule has 3 rings (SSSR count). The lowest BCUT2D eigenvalue weighted by atomic mass is 10.2. The first-order valence-electron chi connectivity index (χ1n) is 4.92. The van der Waals surface area contributed by atoms with Crippen LogP contribution in [0.3, 0.4) is 0 Å². The number of fused-ring (bicyclic) bond motifs is 1. The van der Waals surface area contributed by atoms with Crippen molar-refractivity contribution in [2.45, 2.75) is 0 Å².